The Balaban J connectivity index is 1.43. The van der Waals surface area contributed by atoms with Gasteiger partial charge in [-0.25, -0.2) is 8.78 Å². The van der Waals surface area contributed by atoms with Crippen molar-refractivity contribution >= 4 is 0 Å². The maximum atomic E-state index is 14.8. The van der Waals surface area contributed by atoms with Crippen molar-refractivity contribution in [2.75, 3.05) is 13.2 Å². The van der Waals surface area contributed by atoms with E-state index >= 15 is 0 Å². The molecule has 4 rings (SSSR count). The van der Waals surface area contributed by atoms with Crippen LogP contribution in [0.25, 0.3) is 22.3 Å². The topological polar surface area (TPSA) is 27.7 Å². The summed E-state index contributed by atoms with van der Waals surface area (Å²) in [7, 11) is 0. The van der Waals surface area contributed by atoms with Crippen molar-refractivity contribution in [1.29, 1.82) is 0 Å². The van der Waals surface area contributed by atoms with E-state index in [0.29, 0.717) is 41.4 Å². The molecule has 0 fully saturated rings. The molecule has 0 N–H and O–H groups in total. The minimum Gasteiger partial charge on any atom is -0.494 e. The maximum Gasteiger partial charge on any atom is 0.201 e. The average molecular weight is 491 g/mol. The van der Waals surface area contributed by atoms with Gasteiger partial charge in [-0.15, -0.1) is 0 Å². The molecular weight excluding hydrogens is 465 g/mol. The summed E-state index contributed by atoms with van der Waals surface area (Å²) in [6, 6.07) is 21.3. The Morgan fingerprint density at radius 1 is 0.694 bits per heavy atom. The molecule has 0 amide bonds. The first-order valence-electron chi connectivity index (χ1n) is 11.5. The second kappa shape index (κ2) is 11.5. The van der Waals surface area contributed by atoms with Crippen LogP contribution in [0, 0.1) is 17.5 Å². The summed E-state index contributed by atoms with van der Waals surface area (Å²) in [6.45, 7) is 6.28. The van der Waals surface area contributed by atoms with Crippen LogP contribution < -0.4 is 14.2 Å². The zero-order valence-electron chi connectivity index (χ0n) is 19.8. The third-order valence-corrected chi connectivity index (χ3v) is 5.49. The Hall–Kier alpha value is -4.19. The van der Waals surface area contributed by atoms with Gasteiger partial charge in [0.15, 0.2) is 11.6 Å². The minimum atomic E-state index is -1.06. The summed E-state index contributed by atoms with van der Waals surface area (Å²) in [6.07, 6.45) is 1.59. The van der Waals surface area contributed by atoms with E-state index < -0.39 is 17.5 Å². The number of halogens is 3. The molecule has 36 heavy (non-hydrogen) atoms. The largest absolute Gasteiger partial charge is 0.494 e. The summed E-state index contributed by atoms with van der Waals surface area (Å²) < 4.78 is 60.2. The van der Waals surface area contributed by atoms with Crippen LogP contribution in [0.15, 0.2) is 91.5 Å². The Labute approximate surface area is 208 Å². The molecule has 3 nitrogen and oxygen atoms in total. The molecule has 0 spiro atoms. The van der Waals surface area contributed by atoms with Gasteiger partial charge in [0.1, 0.15) is 30.5 Å². The first-order valence-corrected chi connectivity index (χ1v) is 11.5. The Bertz CT molecular complexity index is 1330. The van der Waals surface area contributed by atoms with E-state index in [1.54, 1.807) is 66.7 Å². The number of hydrogen-bond acceptors (Lipinski definition) is 3. The smallest absolute Gasteiger partial charge is 0.201 e. The molecule has 0 bridgehead atoms. The van der Waals surface area contributed by atoms with Crippen molar-refractivity contribution in [3.63, 3.8) is 0 Å². The number of benzene rings is 4. The van der Waals surface area contributed by atoms with Gasteiger partial charge in [0, 0.05) is 17.2 Å². The summed E-state index contributed by atoms with van der Waals surface area (Å²) in [4.78, 5) is 0. The molecule has 6 heteroatoms. The van der Waals surface area contributed by atoms with Gasteiger partial charge in [-0.05, 0) is 60.0 Å². The van der Waals surface area contributed by atoms with Crippen LogP contribution in [0.3, 0.4) is 0 Å². The molecule has 0 saturated heterocycles. The lowest BCUT2D eigenvalue weighted by Crippen LogP contribution is -2.00. The van der Waals surface area contributed by atoms with Crippen LogP contribution in [-0.2, 0) is 6.61 Å². The lowest BCUT2D eigenvalue weighted by atomic mass is 10.0. The van der Waals surface area contributed by atoms with Gasteiger partial charge in [0.05, 0.1) is 6.61 Å². The number of rotatable bonds is 10. The summed E-state index contributed by atoms with van der Waals surface area (Å²) in [5.74, 6) is -1.56. The molecule has 4 aromatic rings. The fourth-order valence-electron chi connectivity index (χ4n) is 3.68. The molecule has 0 unspecified atom stereocenters. The van der Waals surface area contributed by atoms with E-state index in [-0.39, 0.29) is 17.9 Å². The molecule has 0 aromatic heterocycles. The quantitative estimate of drug-likeness (QED) is 0.211. The standard InChI is InChI=1S/C30H25F3O3/c1-3-17-35-24-13-14-25(27(31)18-24)21-7-5-20(6-8-21)19-36-28-16-15-26(29(32)30(28)33)22-9-11-23(12-10-22)34-4-2/h3,5-16,18H,1,4,17,19H2,2H3. The molecule has 0 aliphatic carbocycles. The van der Waals surface area contributed by atoms with Gasteiger partial charge in [0.2, 0.25) is 5.82 Å². The van der Waals surface area contributed by atoms with Crippen molar-refractivity contribution < 1.29 is 27.4 Å². The molecule has 0 atom stereocenters. The SMILES string of the molecule is C=CCOc1ccc(-c2ccc(COc3ccc(-c4ccc(OCC)cc4)c(F)c3F)cc2)c(F)c1. The molecule has 0 saturated carbocycles. The monoisotopic (exact) mass is 490 g/mol. The zero-order valence-corrected chi connectivity index (χ0v) is 19.8. The lowest BCUT2D eigenvalue weighted by Gasteiger charge is -2.12. The Morgan fingerprint density at radius 3 is 2.00 bits per heavy atom. The van der Waals surface area contributed by atoms with Gasteiger partial charge in [-0.2, -0.15) is 4.39 Å². The van der Waals surface area contributed by atoms with Crippen molar-refractivity contribution in [3.05, 3.63) is 115 Å². The van der Waals surface area contributed by atoms with E-state index in [9.17, 15) is 13.2 Å². The highest BCUT2D eigenvalue weighted by Gasteiger charge is 2.16. The van der Waals surface area contributed by atoms with Crippen LogP contribution in [0.1, 0.15) is 12.5 Å². The number of hydrogen-bond donors (Lipinski definition) is 0. The predicted molar refractivity (Wildman–Crippen MR) is 135 cm³/mol. The van der Waals surface area contributed by atoms with Crippen LogP contribution in [0.2, 0.25) is 0 Å². The fraction of sp³-hybridized carbons (Fsp3) is 0.133. The van der Waals surface area contributed by atoms with E-state index in [1.807, 2.05) is 6.92 Å². The van der Waals surface area contributed by atoms with Gasteiger partial charge < -0.3 is 14.2 Å². The third kappa shape index (κ3) is 5.71. The average Bonchev–Trinajstić information content (AvgIpc) is 2.90. The van der Waals surface area contributed by atoms with E-state index in [1.165, 1.54) is 18.2 Å². The van der Waals surface area contributed by atoms with Crippen LogP contribution in [0.4, 0.5) is 13.2 Å². The highest BCUT2D eigenvalue weighted by atomic mass is 19.2. The summed E-state index contributed by atoms with van der Waals surface area (Å²) in [5.41, 5.74) is 2.48. The minimum absolute atomic E-state index is 0.0237. The third-order valence-electron chi connectivity index (χ3n) is 5.49. The van der Waals surface area contributed by atoms with E-state index in [0.717, 1.165) is 5.56 Å². The van der Waals surface area contributed by atoms with Gasteiger partial charge in [0.25, 0.3) is 0 Å². The zero-order chi connectivity index (χ0) is 25.5. The van der Waals surface area contributed by atoms with Crippen molar-refractivity contribution in [3.8, 4) is 39.5 Å². The van der Waals surface area contributed by atoms with Gasteiger partial charge >= 0.3 is 0 Å². The van der Waals surface area contributed by atoms with Crippen LogP contribution >= 0.6 is 0 Å². The normalized spacial score (nSPS) is 10.7. The highest BCUT2D eigenvalue weighted by Crippen LogP contribution is 2.32. The molecule has 0 heterocycles. The predicted octanol–water partition coefficient (Wildman–Crippen LogP) is 7.98. The second-order valence-corrected chi connectivity index (χ2v) is 7.92. The fourth-order valence-corrected chi connectivity index (χ4v) is 3.68. The molecule has 0 aliphatic heterocycles. The highest BCUT2D eigenvalue weighted by molar-refractivity contribution is 5.66. The Kier molecular flexibility index (Phi) is 7.95. The van der Waals surface area contributed by atoms with Gasteiger partial charge in [-0.1, -0.05) is 49.1 Å². The van der Waals surface area contributed by atoms with Crippen molar-refractivity contribution in [2.24, 2.45) is 0 Å². The van der Waals surface area contributed by atoms with Crippen LogP contribution in [0.5, 0.6) is 17.2 Å². The molecular formula is C30H25F3O3. The first-order chi connectivity index (χ1) is 17.5. The molecule has 0 aliphatic rings. The summed E-state index contributed by atoms with van der Waals surface area (Å²) in [5, 5.41) is 0. The maximum absolute atomic E-state index is 14.8. The van der Waals surface area contributed by atoms with Gasteiger partial charge in [-0.3, -0.25) is 0 Å². The van der Waals surface area contributed by atoms with Crippen molar-refractivity contribution in [2.45, 2.75) is 13.5 Å². The molecule has 184 valence electrons. The molecule has 0 radical (unpaired) electrons. The van der Waals surface area contributed by atoms with E-state index in [4.69, 9.17) is 14.2 Å². The van der Waals surface area contributed by atoms with E-state index in [2.05, 4.69) is 6.58 Å². The Morgan fingerprint density at radius 2 is 1.33 bits per heavy atom. The number of ether oxygens (including phenoxy) is 3. The lowest BCUT2D eigenvalue weighted by molar-refractivity contribution is 0.285. The summed E-state index contributed by atoms with van der Waals surface area (Å²) >= 11 is 0. The second-order valence-electron chi connectivity index (χ2n) is 7.92. The van der Waals surface area contributed by atoms with Crippen LogP contribution in [-0.4, -0.2) is 13.2 Å². The van der Waals surface area contributed by atoms with Crippen molar-refractivity contribution in [1.82, 2.24) is 0 Å². The molecule has 4 aromatic carbocycles. The first kappa shape index (κ1) is 24.9.